The highest BCUT2D eigenvalue weighted by atomic mass is 35.5. The summed E-state index contributed by atoms with van der Waals surface area (Å²) in [4.78, 5) is 0.974. The van der Waals surface area contributed by atoms with Gasteiger partial charge in [0, 0.05) is 10.9 Å². The van der Waals surface area contributed by atoms with Gasteiger partial charge in [-0.25, -0.2) is 0 Å². The van der Waals surface area contributed by atoms with Gasteiger partial charge in [-0.1, -0.05) is 11.6 Å². The summed E-state index contributed by atoms with van der Waals surface area (Å²) in [6.45, 7) is 3.01. The molecule has 1 fully saturated rings. The van der Waals surface area contributed by atoms with Crippen molar-refractivity contribution in [2.24, 2.45) is 0 Å². The molecule has 1 saturated heterocycles. The maximum atomic E-state index is 10.5. The third kappa shape index (κ3) is 1.70. The van der Waals surface area contributed by atoms with Gasteiger partial charge in [0.2, 0.25) is 0 Å². The summed E-state index contributed by atoms with van der Waals surface area (Å²) in [5.41, 5.74) is -0.726. The summed E-state index contributed by atoms with van der Waals surface area (Å²) in [5.74, 6) is 0. The highest BCUT2D eigenvalue weighted by Crippen LogP contribution is 2.38. The van der Waals surface area contributed by atoms with Crippen molar-refractivity contribution >= 4 is 22.9 Å². The van der Waals surface area contributed by atoms with Gasteiger partial charge in [0.05, 0.1) is 4.34 Å². The zero-order valence-electron chi connectivity index (χ0n) is 8.09. The average Bonchev–Trinajstić information content (AvgIpc) is 2.58. The smallest absolute Gasteiger partial charge is 0.114 e. The topological polar surface area (TPSA) is 32.3 Å². The van der Waals surface area contributed by atoms with Gasteiger partial charge in [-0.2, -0.15) is 0 Å². The summed E-state index contributed by atoms with van der Waals surface area (Å²) >= 11 is 7.35. The SMILES string of the molecule is CC1NCCCC1(O)c1ccc(Cl)s1. The molecule has 1 aliphatic rings. The van der Waals surface area contributed by atoms with E-state index in [-0.39, 0.29) is 6.04 Å². The van der Waals surface area contributed by atoms with Crippen molar-refractivity contribution in [2.45, 2.75) is 31.4 Å². The van der Waals surface area contributed by atoms with E-state index in [1.54, 1.807) is 0 Å². The molecule has 0 bridgehead atoms. The second-order valence-corrected chi connectivity index (χ2v) is 5.52. The van der Waals surface area contributed by atoms with Gasteiger partial charge in [-0.15, -0.1) is 11.3 Å². The van der Waals surface area contributed by atoms with Gasteiger partial charge in [-0.05, 0) is 38.4 Å². The Kier molecular flexibility index (Phi) is 2.84. The van der Waals surface area contributed by atoms with Gasteiger partial charge in [0.15, 0.2) is 0 Å². The summed E-state index contributed by atoms with van der Waals surface area (Å²) in [6.07, 6.45) is 1.83. The van der Waals surface area contributed by atoms with Gasteiger partial charge in [0.25, 0.3) is 0 Å². The Bertz CT molecular complexity index is 328. The van der Waals surface area contributed by atoms with Gasteiger partial charge in [-0.3, -0.25) is 0 Å². The summed E-state index contributed by atoms with van der Waals surface area (Å²) < 4.78 is 0.742. The van der Waals surface area contributed by atoms with Crippen molar-refractivity contribution in [3.8, 4) is 0 Å². The Morgan fingerprint density at radius 2 is 2.43 bits per heavy atom. The van der Waals surface area contributed by atoms with E-state index < -0.39 is 5.60 Å². The maximum Gasteiger partial charge on any atom is 0.114 e. The number of halogens is 1. The third-order valence-electron chi connectivity index (χ3n) is 2.90. The standard InChI is InChI=1S/C10H14ClNOS/c1-7-10(13,5-2-6-12-7)8-3-4-9(11)14-8/h3-4,7,12-13H,2,5-6H2,1H3. The Balaban J connectivity index is 2.29. The van der Waals surface area contributed by atoms with Crippen molar-refractivity contribution in [1.29, 1.82) is 0 Å². The molecule has 0 radical (unpaired) electrons. The average molecular weight is 232 g/mol. The van der Waals surface area contributed by atoms with Crippen molar-refractivity contribution in [3.05, 3.63) is 21.3 Å². The molecule has 2 atom stereocenters. The summed E-state index contributed by atoms with van der Waals surface area (Å²) in [5, 5.41) is 13.8. The molecule has 2 nitrogen and oxygen atoms in total. The van der Waals surface area contributed by atoms with Crippen LogP contribution in [-0.2, 0) is 5.60 Å². The van der Waals surface area contributed by atoms with Crippen molar-refractivity contribution in [3.63, 3.8) is 0 Å². The molecule has 1 aliphatic heterocycles. The lowest BCUT2D eigenvalue weighted by Gasteiger charge is -2.38. The van der Waals surface area contributed by atoms with E-state index in [2.05, 4.69) is 5.32 Å². The van der Waals surface area contributed by atoms with Crippen LogP contribution in [0.1, 0.15) is 24.6 Å². The van der Waals surface area contributed by atoms with E-state index in [1.807, 2.05) is 19.1 Å². The van der Waals surface area contributed by atoms with Crippen LogP contribution in [0, 0.1) is 0 Å². The molecule has 0 amide bonds. The zero-order valence-corrected chi connectivity index (χ0v) is 9.66. The first kappa shape index (κ1) is 10.4. The Morgan fingerprint density at radius 3 is 3.00 bits per heavy atom. The molecular weight excluding hydrogens is 218 g/mol. The second kappa shape index (κ2) is 3.81. The molecule has 2 unspecified atom stereocenters. The first-order valence-corrected chi connectivity index (χ1v) is 6.04. The fraction of sp³-hybridized carbons (Fsp3) is 0.600. The van der Waals surface area contributed by atoms with Crippen LogP contribution in [0.3, 0.4) is 0 Å². The quantitative estimate of drug-likeness (QED) is 0.778. The molecule has 0 saturated carbocycles. The second-order valence-electron chi connectivity index (χ2n) is 3.81. The fourth-order valence-corrected chi connectivity index (χ4v) is 3.20. The number of hydrogen-bond donors (Lipinski definition) is 2. The lowest BCUT2D eigenvalue weighted by molar-refractivity contribution is -0.0193. The first-order chi connectivity index (χ1) is 6.63. The van der Waals surface area contributed by atoms with Crippen LogP contribution in [0.5, 0.6) is 0 Å². The fourth-order valence-electron chi connectivity index (χ4n) is 1.95. The zero-order chi connectivity index (χ0) is 10.2. The predicted octanol–water partition coefficient (Wildman–Crippen LogP) is 2.36. The van der Waals surface area contributed by atoms with Crippen LogP contribution >= 0.6 is 22.9 Å². The van der Waals surface area contributed by atoms with Gasteiger partial charge >= 0.3 is 0 Å². The van der Waals surface area contributed by atoms with E-state index in [0.717, 1.165) is 28.6 Å². The van der Waals surface area contributed by atoms with Crippen LogP contribution in [0.2, 0.25) is 4.34 Å². The van der Waals surface area contributed by atoms with Crippen LogP contribution < -0.4 is 5.32 Å². The Morgan fingerprint density at radius 1 is 1.64 bits per heavy atom. The molecule has 4 heteroatoms. The highest BCUT2D eigenvalue weighted by Gasteiger charge is 2.38. The first-order valence-electron chi connectivity index (χ1n) is 4.84. The lowest BCUT2D eigenvalue weighted by Crippen LogP contribution is -2.50. The third-order valence-corrected chi connectivity index (χ3v) is 4.30. The number of thiophene rings is 1. The minimum atomic E-state index is -0.726. The number of hydrogen-bond acceptors (Lipinski definition) is 3. The van der Waals surface area contributed by atoms with Crippen LogP contribution in [0.15, 0.2) is 12.1 Å². The molecule has 78 valence electrons. The van der Waals surface area contributed by atoms with Crippen molar-refractivity contribution in [2.75, 3.05) is 6.54 Å². The molecule has 1 aromatic rings. The molecule has 2 heterocycles. The number of rotatable bonds is 1. The molecule has 0 spiro atoms. The minimum absolute atomic E-state index is 0.103. The largest absolute Gasteiger partial charge is 0.383 e. The Labute approximate surface area is 92.9 Å². The van der Waals surface area contributed by atoms with Crippen LogP contribution in [0.25, 0.3) is 0 Å². The van der Waals surface area contributed by atoms with E-state index >= 15 is 0 Å². The lowest BCUT2D eigenvalue weighted by atomic mass is 9.85. The molecule has 14 heavy (non-hydrogen) atoms. The number of nitrogens with one attached hydrogen (secondary N) is 1. The van der Waals surface area contributed by atoms with Crippen LogP contribution in [-0.4, -0.2) is 17.7 Å². The highest BCUT2D eigenvalue weighted by molar-refractivity contribution is 7.16. The summed E-state index contributed by atoms with van der Waals surface area (Å²) in [6, 6.07) is 3.88. The van der Waals surface area contributed by atoms with E-state index in [1.165, 1.54) is 11.3 Å². The molecule has 2 N–H and O–H groups in total. The molecule has 0 aliphatic carbocycles. The van der Waals surface area contributed by atoms with Crippen molar-refractivity contribution in [1.82, 2.24) is 5.32 Å². The normalized spacial score (nSPS) is 33.2. The molecule has 2 rings (SSSR count). The summed E-state index contributed by atoms with van der Waals surface area (Å²) in [7, 11) is 0. The Hall–Kier alpha value is -0.0900. The van der Waals surface area contributed by atoms with E-state index in [9.17, 15) is 5.11 Å². The number of aliphatic hydroxyl groups is 1. The maximum absolute atomic E-state index is 10.5. The molecule has 1 aromatic heterocycles. The molecular formula is C10H14ClNOS. The van der Waals surface area contributed by atoms with Gasteiger partial charge < -0.3 is 10.4 Å². The monoisotopic (exact) mass is 231 g/mol. The van der Waals surface area contributed by atoms with E-state index in [0.29, 0.717) is 0 Å². The number of piperidine rings is 1. The minimum Gasteiger partial charge on any atom is -0.383 e. The van der Waals surface area contributed by atoms with E-state index in [4.69, 9.17) is 11.6 Å². The predicted molar refractivity (Wildman–Crippen MR) is 59.9 cm³/mol. The van der Waals surface area contributed by atoms with Crippen LogP contribution in [0.4, 0.5) is 0 Å². The van der Waals surface area contributed by atoms with Crippen molar-refractivity contribution < 1.29 is 5.11 Å². The van der Waals surface area contributed by atoms with Gasteiger partial charge in [0.1, 0.15) is 5.60 Å². The molecule has 0 aromatic carbocycles.